The Balaban J connectivity index is 1.93. The van der Waals surface area contributed by atoms with Gasteiger partial charge >= 0.3 is 0 Å². The molecule has 1 N–H and O–H groups in total. The highest BCUT2D eigenvalue weighted by atomic mass is 79.9. The van der Waals surface area contributed by atoms with Crippen molar-refractivity contribution >= 4 is 33.2 Å². The molecular formula is C12H12BrNO2S. The molecule has 0 spiro atoms. The molecule has 0 aliphatic rings. The van der Waals surface area contributed by atoms with E-state index in [-0.39, 0.29) is 5.91 Å². The molecule has 0 saturated carbocycles. The minimum atomic E-state index is -0.172. The van der Waals surface area contributed by atoms with E-state index in [1.165, 1.54) is 0 Å². The molecule has 2 heterocycles. The number of hydrogen-bond donors (Lipinski definition) is 1. The van der Waals surface area contributed by atoms with Gasteiger partial charge in [0.2, 0.25) is 0 Å². The summed E-state index contributed by atoms with van der Waals surface area (Å²) in [5.74, 6) is 1.03. The van der Waals surface area contributed by atoms with Gasteiger partial charge in [0.05, 0.1) is 10.3 Å². The van der Waals surface area contributed by atoms with Crippen LogP contribution in [0.15, 0.2) is 32.5 Å². The lowest BCUT2D eigenvalue weighted by atomic mass is 10.3. The highest BCUT2D eigenvalue weighted by Crippen LogP contribution is 2.21. The van der Waals surface area contributed by atoms with Crippen LogP contribution in [0.2, 0.25) is 0 Å². The van der Waals surface area contributed by atoms with E-state index in [9.17, 15) is 4.79 Å². The first-order valence-corrected chi connectivity index (χ1v) is 6.91. The topological polar surface area (TPSA) is 42.2 Å². The normalized spacial score (nSPS) is 10.5. The Morgan fingerprint density at radius 3 is 2.82 bits per heavy atom. The minimum Gasteiger partial charge on any atom is -0.456 e. The fraction of sp³-hybridized carbons (Fsp3) is 0.250. The number of hydrogen-bond acceptors (Lipinski definition) is 3. The molecule has 2 rings (SSSR count). The summed E-state index contributed by atoms with van der Waals surface area (Å²) in [7, 11) is 0. The quantitative estimate of drug-likeness (QED) is 0.937. The third-order valence-electron chi connectivity index (χ3n) is 2.29. The molecule has 0 unspecified atom stereocenters. The predicted molar refractivity (Wildman–Crippen MR) is 71.3 cm³/mol. The van der Waals surface area contributed by atoms with Crippen LogP contribution in [0.1, 0.15) is 28.1 Å². The third-order valence-corrected chi connectivity index (χ3v) is 3.91. The summed E-state index contributed by atoms with van der Waals surface area (Å²) >= 11 is 4.99. The van der Waals surface area contributed by atoms with Crippen LogP contribution < -0.4 is 5.32 Å². The van der Waals surface area contributed by atoms with Gasteiger partial charge in [-0.25, -0.2) is 0 Å². The molecule has 0 saturated heterocycles. The van der Waals surface area contributed by atoms with Gasteiger partial charge in [-0.3, -0.25) is 4.79 Å². The molecule has 0 bridgehead atoms. The monoisotopic (exact) mass is 313 g/mol. The van der Waals surface area contributed by atoms with Gasteiger partial charge in [0, 0.05) is 11.3 Å². The van der Waals surface area contributed by atoms with Crippen LogP contribution in [0.25, 0.3) is 0 Å². The number of nitrogens with one attached hydrogen (secondary N) is 1. The zero-order valence-corrected chi connectivity index (χ0v) is 11.7. The van der Waals surface area contributed by atoms with Crippen molar-refractivity contribution in [1.29, 1.82) is 0 Å². The first-order chi connectivity index (χ1) is 8.19. The van der Waals surface area contributed by atoms with Crippen molar-refractivity contribution in [2.45, 2.75) is 19.9 Å². The standard InChI is InChI=1S/C12H12BrNO2S/c1-2-8-3-5-10(16-8)12(15)14-7-9-4-6-11(13)17-9/h3-6H,2,7H2,1H3,(H,14,15). The number of aryl methyl sites for hydroxylation is 1. The first-order valence-electron chi connectivity index (χ1n) is 5.30. The highest BCUT2D eigenvalue weighted by molar-refractivity contribution is 9.11. The Bertz CT molecular complexity index is 518. The Morgan fingerprint density at radius 2 is 2.24 bits per heavy atom. The molecule has 0 aromatic carbocycles. The molecule has 2 aromatic rings. The van der Waals surface area contributed by atoms with Gasteiger partial charge in [-0.1, -0.05) is 6.92 Å². The number of rotatable bonds is 4. The number of carbonyl (C=O) groups is 1. The van der Waals surface area contributed by atoms with Crippen LogP contribution in [0.5, 0.6) is 0 Å². The summed E-state index contributed by atoms with van der Waals surface area (Å²) in [6, 6.07) is 7.48. The minimum absolute atomic E-state index is 0.172. The summed E-state index contributed by atoms with van der Waals surface area (Å²) < 4.78 is 6.43. The largest absolute Gasteiger partial charge is 0.456 e. The van der Waals surface area contributed by atoms with Crippen LogP contribution >= 0.6 is 27.3 Å². The van der Waals surface area contributed by atoms with Crippen LogP contribution in [0, 0.1) is 0 Å². The molecule has 5 heteroatoms. The smallest absolute Gasteiger partial charge is 0.287 e. The van der Waals surface area contributed by atoms with E-state index in [4.69, 9.17) is 4.42 Å². The highest BCUT2D eigenvalue weighted by Gasteiger charge is 2.10. The Hall–Kier alpha value is -1.07. The van der Waals surface area contributed by atoms with Crippen molar-refractivity contribution in [2.75, 3.05) is 0 Å². The molecule has 17 heavy (non-hydrogen) atoms. The van der Waals surface area contributed by atoms with Crippen LogP contribution in [-0.4, -0.2) is 5.91 Å². The Kier molecular flexibility index (Phi) is 4.02. The van der Waals surface area contributed by atoms with Gasteiger partial charge in [-0.2, -0.15) is 0 Å². The van der Waals surface area contributed by atoms with E-state index in [0.29, 0.717) is 12.3 Å². The van der Waals surface area contributed by atoms with Crippen molar-refractivity contribution in [3.63, 3.8) is 0 Å². The third kappa shape index (κ3) is 3.20. The van der Waals surface area contributed by atoms with Crippen LogP contribution in [0.4, 0.5) is 0 Å². The van der Waals surface area contributed by atoms with E-state index in [1.54, 1.807) is 17.4 Å². The zero-order valence-electron chi connectivity index (χ0n) is 9.33. The lowest BCUT2D eigenvalue weighted by Gasteiger charge is -2.00. The fourth-order valence-corrected chi connectivity index (χ4v) is 2.81. The maximum atomic E-state index is 11.7. The number of halogens is 1. The molecule has 1 amide bonds. The van der Waals surface area contributed by atoms with E-state index in [2.05, 4.69) is 21.2 Å². The zero-order chi connectivity index (χ0) is 12.3. The molecular weight excluding hydrogens is 302 g/mol. The second kappa shape index (κ2) is 5.51. The summed E-state index contributed by atoms with van der Waals surface area (Å²) in [6.07, 6.45) is 0.797. The predicted octanol–water partition coefficient (Wildman–Crippen LogP) is 3.60. The van der Waals surface area contributed by atoms with Gasteiger partial charge in [-0.15, -0.1) is 11.3 Å². The molecule has 0 atom stereocenters. The van der Waals surface area contributed by atoms with Gasteiger partial charge < -0.3 is 9.73 Å². The van der Waals surface area contributed by atoms with Crippen molar-refractivity contribution < 1.29 is 9.21 Å². The number of carbonyl (C=O) groups excluding carboxylic acids is 1. The summed E-state index contributed by atoms with van der Waals surface area (Å²) in [4.78, 5) is 12.8. The van der Waals surface area contributed by atoms with Crippen molar-refractivity contribution in [3.8, 4) is 0 Å². The van der Waals surface area contributed by atoms with E-state index < -0.39 is 0 Å². The van der Waals surface area contributed by atoms with Crippen LogP contribution in [0.3, 0.4) is 0 Å². The lowest BCUT2D eigenvalue weighted by Crippen LogP contribution is -2.21. The summed E-state index contributed by atoms with van der Waals surface area (Å²) in [5.41, 5.74) is 0. The molecule has 0 radical (unpaired) electrons. The molecule has 3 nitrogen and oxygen atoms in total. The van der Waals surface area contributed by atoms with E-state index in [1.807, 2.05) is 25.1 Å². The molecule has 0 aliphatic heterocycles. The molecule has 0 fully saturated rings. The Labute approximate surface area is 112 Å². The van der Waals surface area contributed by atoms with E-state index >= 15 is 0 Å². The average molecular weight is 314 g/mol. The van der Waals surface area contributed by atoms with Gasteiger partial charge in [0.15, 0.2) is 5.76 Å². The average Bonchev–Trinajstić information content (AvgIpc) is 2.94. The Morgan fingerprint density at radius 1 is 1.41 bits per heavy atom. The molecule has 0 aliphatic carbocycles. The molecule has 90 valence electrons. The summed E-state index contributed by atoms with van der Waals surface area (Å²) in [6.45, 7) is 2.51. The number of furan rings is 1. The number of amides is 1. The lowest BCUT2D eigenvalue weighted by molar-refractivity contribution is 0.0922. The second-order valence-corrected chi connectivity index (χ2v) is 6.06. The van der Waals surface area contributed by atoms with E-state index in [0.717, 1.165) is 20.8 Å². The van der Waals surface area contributed by atoms with Crippen molar-refractivity contribution in [3.05, 3.63) is 44.4 Å². The van der Waals surface area contributed by atoms with Gasteiger partial charge in [-0.05, 0) is 40.2 Å². The van der Waals surface area contributed by atoms with Crippen molar-refractivity contribution in [1.82, 2.24) is 5.32 Å². The second-order valence-electron chi connectivity index (χ2n) is 3.51. The fourth-order valence-electron chi connectivity index (χ4n) is 1.39. The van der Waals surface area contributed by atoms with Crippen molar-refractivity contribution in [2.24, 2.45) is 0 Å². The first kappa shape index (κ1) is 12.4. The van der Waals surface area contributed by atoms with Crippen LogP contribution in [-0.2, 0) is 13.0 Å². The maximum absolute atomic E-state index is 11.7. The van der Waals surface area contributed by atoms with Gasteiger partial charge in [0.1, 0.15) is 5.76 Å². The van der Waals surface area contributed by atoms with Gasteiger partial charge in [0.25, 0.3) is 5.91 Å². The summed E-state index contributed by atoms with van der Waals surface area (Å²) in [5, 5.41) is 2.82. The number of thiophene rings is 1. The maximum Gasteiger partial charge on any atom is 0.287 e. The SMILES string of the molecule is CCc1ccc(C(=O)NCc2ccc(Br)s2)o1. The molecule has 2 aromatic heterocycles.